The van der Waals surface area contributed by atoms with Crippen LogP contribution < -0.4 is 0 Å². The van der Waals surface area contributed by atoms with Crippen LogP contribution >= 0.6 is 0 Å². The first kappa shape index (κ1) is 91.7. The molecule has 0 aromatic rings. The third-order valence-electron chi connectivity index (χ3n) is 3.40. The van der Waals surface area contributed by atoms with Crippen molar-refractivity contribution in [2.24, 2.45) is 0 Å². The molecule has 14 nitrogen and oxygen atoms in total. The zero-order valence-electron chi connectivity index (χ0n) is 49.0. The van der Waals surface area contributed by atoms with Gasteiger partial charge in [-0.3, -0.25) is 0 Å². The van der Waals surface area contributed by atoms with E-state index in [0.29, 0.717) is 46.2 Å². The summed E-state index contributed by atoms with van der Waals surface area (Å²) in [5.41, 5.74) is 0. The Morgan fingerprint density at radius 1 is 0.328 bits per heavy atom. The van der Waals surface area contributed by atoms with Crippen molar-refractivity contribution in [3.63, 3.8) is 0 Å². The molecule has 23 heteroatoms. The maximum atomic E-state index is 9.99. The molecule has 67 heavy (non-hydrogen) atoms. The molecule has 0 aliphatic rings. The molecule has 0 unspecified atom stereocenters. The summed E-state index contributed by atoms with van der Waals surface area (Å²) in [7, 11) is -13.7. The SMILES string of the molecule is CC(C)O[Si](O)(OC(C)C)OC(C)C.CC(C)O[Si](O)(OC(C)C)OC(C)C.CCO[Si](O)(OC(C)C)OC(C)C.[CH2-]C.[CH2-][Si](C)(C)C.[CH2-][Si](C)(C)C.[CH2-][Si](C)(C)C.[CH2-][Si](C)(C)C.[O]=[W].[O]=[W]. The summed E-state index contributed by atoms with van der Waals surface area (Å²) in [6.45, 7) is 78.8. The zero-order valence-corrected chi connectivity index (χ0v) is 61.9. The maximum absolute atomic E-state index is 9.99. The summed E-state index contributed by atoms with van der Waals surface area (Å²) < 4.78 is 64.1. The number of hydrogen-bond donors (Lipinski definition) is 3. The van der Waals surface area contributed by atoms with Gasteiger partial charge in [0.15, 0.2) is 0 Å². The molecule has 0 heterocycles. The molecule has 0 rings (SSSR count). The van der Waals surface area contributed by atoms with E-state index in [0.717, 1.165) is 0 Å². The van der Waals surface area contributed by atoms with Crippen LogP contribution in [-0.4, -0.2) is 129 Å². The van der Waals surface area contributed by atoms with Crippen LogP contribution in [-0.2, 0) is 86.2 Å². The van der Waals surface area contributed by atoms with E-state index < -0.39 is 59.4 Å². The van der Waals surface area contributed by atoms with Crippen molar-refractivity contribution < 1.29 is 101 Å². The Bertz CT molecular complexity index is 839. The second kappa shape index (κ2) is 50.2. The van der Waals surface area contributed by atoms with Crippen molar-refractivity contribution in [2.45, 2.75) is 252 Å². The molecule has 0 aliphatic carbocycles. The van der Waals surface area contributed by atoms with Gasteiger partial charge in [0.2, 0.25) is 0 Å². The summed E-state index contributed by atoms with van der Waals surface area (Å²) in [6.07, 6.45) is -0.834. The Morgan fingerprint density at radius 3 is 0.493 bits per heavy atom. The first-order valence-electron chi connectivity index (χ1n) is 23.1. The van der Waals surface area contributed by atoms with E-state index in [1.807, 2.05) is 111 Å². The van der Waals surface area contributed by atoms with Gasteiger partial charge in [-0.2, -0.15) is 6.92 Å². The normalized spacial score (nSPS) is 11.9. The summed E-state index contributed by atoms with van der Waals surface area (Å²) in [4.78, 5) is 29.8. The fourth-order valence-corrected chi connectivity index (χ4v) is 8.48. The quantitative estimate of drug-likeness (QED) is 0.0872. The number of hydrogen-bond acceptors (Lipinski definition) is 14. The molecule has 0 atom stereocenters. The second-order valence-electron chi connectivity index (χ2n) is 21.6. The average Bonchev–Trinajstić information content (AvgIpc) is 2.97. The predicted molar refractivity (Wildman–Crippen MR) is 293 cm³/mol. The third kappa shape index (κ3) is 140. The van der Waals surface area contributed by atoms with Crippen LogP contribution in [0.3, 0.4) is 0 Å². The van der Waals surface area contributed by atoms with E-state index in [9.17, 15) is 14.4 Å². The van der Waals surface area contributed by atoms with Crippen LogP contribution in [0.1, 0.15) is 125 Å². The van der Waals surface area contributed by atoms with E-state index in [-0.39, 0.29) is 48.8 Å². The van der Waals surface area contributed by atoms with Crippen molar-refractivity contribution >= 4 is 59.4 Å². The van der Waals surface area contributed by atoms with E-state index in [2.05, 4.69) is 112 Å². The summed E-state index contributed by atoms with van der Waals surface area (Å²) in [6, 6.07) is 0. The Hall–Kier alpha value is 2.01. The standard InChI is InChI=1S/2C9H22O4Si.C8H20O4Si.4C4H11Si.C2H5.2O.2W/c2*1-7(2)11-14(10,12-8(3)4)13-9(5)6;1-6-10-13(9,11-7(2)3)12-8(4)5;4*1-5(2,3)4;1-2;;;;/h2*7-10H,1-6H3;7-9H,6H2,1-5H3;4*1H2,2-4H3;1H2,2H3;;;;/q;;;5*-1;;;;. The Labute approximate surface area is 448 Å². The van der Waals surface area contributed by atoms with Gasteiger partial charge < -0.3 is 87.3 Å². The molecule has 0 fully saturated rings. The van der Waals surface area contributed by atoms with E-state index in [4.69, 9.17) is 46.6 Å². The molecule has 0 radical (unpaired) electrons. The Morgan fingerprint density at radius 2 is 0.418 bits per heavy atom. The summed E-state index contributed by atoms with van der Waals surface area (Å²) in [5.74, 6) is 0. The molecule has 418 valence electrons. The first-order valence-corrected chi connectivity index (χ1v) is 45.3. The van der Waals surface area contributed by atoms with Gasteiger partial charge in [0, 0.05) is 55.4 Å². The molecular formula is C44H113O14Si7W2-5. The molecule has 0 amide bonds. The van der Waals surface area contributed by atoms with Gasteiger partial charge >= 0.3 is 73.5 Å². The average molecular weight is 1430 g/mol. The minimum atomic E-state index is -3.44. The van der Waals surface area contributed by atoms with Crippen molar-refractivity contribution in [1.82, 2.24) is 0 Å². The topological polar surface area (TPSA) is 178 Å². The predicted octanol–water partition coefficient (Wildman–Crippen LogP) is 12.1. The van der Waals surface area contributed by atoms with E-state index >= 15 is 0 Å². The molecular weight excluding hydrogens is 1320 g/mol. The Kier molecular flexibility index (Phi) is 68.7. The second-order valence-corrected chi connectivity index (χ2v) is 47.4. The zero-order chi connectivity index (χ0) is 57.2. The van der Waals surface area contributed by atoms with Crippen molar-refractivity contribution in [3.05, 3.63) is 33.1 Å². The minimum absolute atomic E-state index is 0.0954. The van der Waals surface area contributed by atoms with Gasteiger partial charge in [-0.25, -0.2) is 0 Å². The van der Waals surface area contributed by atoms with Crippen LogP contribution in [0.2, 0.25) is 78.6 Å². The van der Waals surface area contributed by atoms with Gasteiger partial charge in [0.25, 0.3) is 0 Å². The molecule has 0 saturated carbocycles. The van der Waals surface area contributed by atoms with Crippen LogP contribution in [0, 0.1) is 33.1 Å². The third-order valence-corrected chi connectivity index (χ3v) is 10.2. The van der Waals surface area contributed by atoms with Gasteiger partial charge in [-0.05, 0) is 118 Å². The molecule has 0 aromatic carbocycles. The van der Waals surface area contributed by atoms with Crippen molar-refractivity contribution in [1.29, 1.82) is 0 Å². The van der Waals surface area contributed by atoms with Gasteiger partial charge in [0.05, 0.1) is 0 Å². The molecule has 0 aliphatic heterocycles. The fraction of sp³-hybridized carbons (Fsp3) is 0.886. The molecule has 3 N–H and O–H groups in total. The van der Waals surface area contributed by atoms with E-state index in [1.165, 1.54) is 0 Å². The van der Waals surface area contributed by atoms with Gasteiger partial charge in [0.1, 0.15) is 0 Å². The molecule has 0 saturated heterocycles. The van der Waals surface area contributed by atoms with Crippen LogP contribution in [0.4, 0.5) is 0 Å². The summed E-state index contributed by atoms with van der Waals surface area (Å²) in [5, 5.41) is 0. The van der Waals surface area contributed by atoms with Gasteiger partial charge in [-0.15, -0.1) is 32.3 Å². The van der Waals surface area contributed by atoms with Crippen molar-refractivity contribution in [2.75, 3.05) is 6.61 Å². The van der Waals surface area contributed by atoms with Crippen LogP contribution in [0.5, 0.6) is 0 Å². The molecule has 0 bridgehead atoms. The first-order chi connectivity index (χ1) is 29.4. The van der Waals surface area contributed by atoms with E-state index in [1.54, 1.807) is 13.8 Å². The fourth-order valence-electron chi connectivity index (χ4n) is 2.83. The van der Waals surface area contributed by atoms with Crippen LogP contribution in [0.15, 0.2) is 0 Å². The monoisotopic (exact) mass is 1430 g/mol. The number of rotatable bonds is 18. The van der Waals surface area contributed by atoms with Gasteiger partial charge in [-0.1, -0.05) is 78.6 Å². The molecule has 0 aromatic heterocycles. The van der Waals surface area contributed by atoms with Crippen LogP contribution in [0.25, 0.3) is 0 Å². The van der Waals surface area contributed by atoms with Crippen molar-refractivity contribution in [3.8, 4) is 0 Å². The molecule has 0 spiro atoms. The summed E-state index contributed by atoms with van der Waals surface area (Å²) >= 11 is 0.667. The Balaban J connectivity index is -0.0000000725.